The third-order valence-electron chi connectivity index (χ3n) is 2.41. The Labute approximate surface area is 75.3 Å². The van der Waals surface area contributed by atoms with Gasteiger partial charge < -0.3 is 5.32 Å². The minimum atomic E-state index is 0.677. The van der Waals surface area contributed by atoms with E-state index < -0.39 is 0 Å². The van der Waals surface area contributed by atoms with Crippen molar-refractivity contribution in [2.75, 3.05) is 26.2 Å². The third kappa shape index (κ3) is 2.84. The molecule has 2 nitrogen and oxygen atoms in total. The van der Waals surface area contributed by atoms with Crippen LogP contribution in [0.3, 0.4) is 0 Å². The van der Waals surface area contributed by atoms with Gasteiger partial charge in [0.15, 0.2) is 0 Å². The van der Waals surface area contributed by atoms with E-state index in [1.807, 2.05) is 0 Å². The summed E-state index contributed by atoms with van der Waals surface area (Å²) in [5.74, 6) is 2.68. The molecule has 0 aliphatic carbocycles. The monoisotopic (exact) mass is 166 g/mol. The Morgan fingerprint density at radius 2 is 2.50 bits per heavy atom. The Morgan fingerprint density at radius 1 is 1.67 bits per heavy atom. The fourth-order valence-electron chi connectivity index (χ4n) is 1.60. The van der Waals surface area contributed by atoms with Gasteiger partial charge >= 0.3 is 0 Å². The van der Waals surface area contributed by atoms with Gasteiger partial charge in [0.2, 0.25) is 0 Å². The highest BCUT2D eigenvalue weighted by molar-refractivity contribution is 4.84. The van der Waals surface area contributed by atoms with Crippen LogP contribution in [0.2, 0.25) is 0 Å². The van der Waals surface area contributed by atoms with E-state index in [-0.39, 0.29) is 0 Å². The maximum Gasteiger partial charge on any atom is 0.0192 e. The molecule has 0 aromatic rings. The third-order valence-corrected chi connectivity index (χ3v) is 2.41. The van der Waals surface area contributed by atoms with E-state index in [0.717, 1.165) is 32.5 Å². The predicted octanol–water partition coefficient (Wildman–Crippen LogP) is 0.694. The molecule has 1 heterocycles. The van der Waals surface area contributed by atoms with Crippen LogP contribution >= 0.6 is 0 Å². The van der Waals surface area contributed by atoms with E-state index in [9.17, 15) is 0 Å². The van der Waals surface area contributed by atoms with Crippen LogP contribution in [0.1, 0.15) is 19.8 Å². The second-order valence-corrected chi connectivity index (χ2v) is 3.40. The number of nitrogens with one attached hydrogen (secondary N) is 1. The molecule has 1 N–H and O–H groups in total. The molecule has 1 aliphatic rings. The van der Waals surface area contributed by atoms with Crippen molar-refractivity contribution < 1.29 is 0 Å². The van der Waals surface area contributed by atoms with Crippen molar-refractivity contribution in [3.8, 4) is 12.3 Å². The minimum absolute atomic E-state index is 0.677. The van der Waals surface area contributed by atoms with E-state index >= 15 is 0 Å². The summed E-state index contributed by atoms with van der Waals surface area (Å²) in [6, 6.07) is 0.677. The molecule has 1 atom stereocenters. The highest BCUT2D eigenvalue weighted by Gasteiger charge is 2.16. The van der Waals surface area contributed by atoms with Gasteiger partial charge in [-0.25, -0.2) is 0 Å². The summed E-state index contributed by atoms with van der Waals surface area (Å²) in [4.78, 5) is 2.51. The van der Waals surface area contributed by atoms with Crippen LogP contribution in [0.25, 0.3) is 0 Å². The van der Waals surface area contributed by atoms with Crippen molar-refractivity contribution in [3.63, 3.8) is 0 Å². The van der Waals surface area contributed by atoms with Gasteiger partial charge in [-0.1, -0.05) is 0 Å². The Hall–Kier alpha value is -0.520. The Morgan fingerprint density at radius 3 is 3.17 bits per heavy atom. The van der Waals surface area contributed by atoms with Crippen LogP contribution in [-0.4, -0.2) is 37.1 Å². The average Bonchev–Trinajstić information content (AvgIpc) is 2.09. The number of hydrogen-bond donors (Lipinski definition) is 1. The number of hydrogen-bond acceptors (Lipinski definition) is 2. The topological polar surface area (TPSA) is 15.3 Å². The van der Waals surface area contributed by atoms with Gasteiger partial charge in [-0.2, -0.15) is 0 Å². The van der Waals surface area contributed by atoms with Gasteiger partial charge in [-0.3, -0.25) is 4.90 Å². The lowest BCUT2D eigenvalue weighted by Crippen LogP contribution is -2.49. The highest BCUT2D eigenvalue weighted by atomic mass is 15.2. The number of unbranched alkanes of at least 4 members (excludes halogenated alkanes) is 1. The summed E-state index contributed by atoms with van der Waals surface area (Å²) in [6.07, 6.45) is 7.25. The van der Waals surface area contributed by atoms with Crippen molar-refractivity contribution in [2.24, 2.45) is 0 Å². The first-order chi connectivity index (χ1) is 5.84. The van der Waals surface area contributed by atoms with Gasteiger partial charge in [0.1, 0.15) is 0 Å². The minimum Gasteiger partial charge on any atom is -0.314 e. The molecule has 12 heavy (non-hydrogen) atoms. The van der Waals surface area contributed by atoms with Crippen LogP contribution in [0.15, 0.2) is 0 Å². The predicted molar refractivity (Wildman–Crippen MR) is 52.0 cm³/mol. The van der Waals surface area contributed by atoms with Crippen LogP contribution in [-0.2, 0) is 0 Å². The standard InChI is InChI=1S/C10H18N2/c1-3-4-5-7-12-8-6-11-9-10(12)2/h1,10-11H,4-9H2,2H3/t10-/m0/s1. The Balaban J connectivity index is 2.16. The molecule has 0 bridgehead atoms. The molecular weight excluding hydrogens is 148 g/mol. The molecule has 0 aromatic carbocycles. The zero-order valence-electron chi connectivity index (χ0n) is 7.84. The molecule has 1 rings (SSSR count). The molecule has 2 heteroatoms. The van der Waals surface area contributed by atoms with Crippen LogP contribution in [0.5, 0.6) is 0 Å². The zero-order valence-corrected chi connectivity index (χ0v) is 7.84. The van der Waals surface area contributed by atoms with Crippen LogP contribution < -0.4 is 5.32 Å². The lowest BCUT2D eigenvalue weighted by atomic mass is 10.2. The lowest BCUT2D eigenvalue weighted by molar-refractivity contribution is 0.172. The molecule has 0 amide bonds. The van der Waals surface area contributed by atoms with Crippen LogP contribution in [0, 0.1) is 12.3 Å². The summed E-state index contributed by atoms with van der Waals surface area (Å²) in [6.45, 7) is 6.84. The van der Waals surface area contributed by atoms with Gasteiger partial charge in [-0.05, 0) is 19.9 Å². The Bertz CT molecular complexity index is 160. The van der Waals surface area contributed by atoms with Gasteiger partial charge in [-0.15, -0.1) is 12.3 Å². The molecule has 0 unspecified atom stereocenters. The maximum atomic E-state index is 5.20. The first-order valence-corrected chi connectivity index (χ1v) is 4.73. The number of nitrogens with zero attached hydrogens (tertiary/aromatic N) is 1. The quantitative estimate of drug-likeness (QED) is 0.490. The normalized spacial score (nSPS) is 25.2. The van der Waals surface area contributed by atoms with Crippen molar-refractivity contribution in [1.82, 2.24) is 10.2 Å². The molecule has 1 fully saturated rings. The zero-order chi connectivity index (χ0) is 8.81. The van der Waals surface area contributed by atoms with Gasteiger partial charge in [0, 0.05) is 32.1 Å². The second-order valence-electron chi connectivity index (χ2n) is 3.40. The summed E-state index contributed by atoms with van der Waals surface area (Å²) in [5, 5.41) is 3.37. The molecule has 68 valence electrons. The number of rotatable bonds is 3. The largest absolute Gasteiger partial charge is 0.314 e. The SMILES string of the molecule is C#CCCCN1CCNC[C@@H]1C. The van der Waals surface area contributed by atoms with Crippen molar-refractivity contribution in [2.45, 2.75) is 25.8 Å². The summed E-state index contributed by atoms with van der Waals surface area (Å²) < 4.78 is 0. The summed E-state index contributed by atoms with van der Waals surface area (Å²) in [7, 11) is 0. The molecule has 0 radical (unpaired) electrons. The fraction of sp³-hybridized carbons (Fsp3) is 0.800. The van der Waals surface area contributed by atoms with E-state index in [4.69, 9.17) is 6.42 Å². The lowest BCUT2D eigenvalue weighted by Gasteiger charge is -2.33. The van der Waals surface area contributed by atoms with Crippen molar-refractivity contribution in [3.05, 3.63) is 0 Å². The molecule has 1 aliphatic heterocycles. The molecule has 1 saturated heterocycles. The van der Waals surface area contributed by atoms with Gasteiger partial charge in [0.05, 0.1) is 0 Å². The Kier molecular flexibility index (Phi) is 4.13. The van der Waals surface area contributed by atoms with E-state index in [2.05, 4.69) is 23.1 Å². The first-order valence-electron chi connectivity index (χ1n) is 4.73. The highest BCUT2D eigenvalue weighted by Crippen LogP contribution is 2.03. The van der Waals surface area contributed by atoms with Crippen molar-refractivity contribution >= 4 is 0 Å². The molecular formula is C10H18N2. The number of terminal acetylenes is 1. The second kappa shape index (κ2) is 5.18. The smallest absolute Gasteiger partial charge is 0.0192 e. The van der Waals surface area contributed by atoms with Crippen molar-refractivity contribution in [1.29, 1.82) is 0 Å². The van der Waals surface area contributed by atoms with Crippen LogP contribution in [0.4, 0.5) is 0 Å². The molecule has 0 aromatic heterocycles. The summed E-state index contributed by atoms with van der Waals surface area (Å²) >= 11 is 0. The van der Waals surface area contributed by atoms with E-state index in [1.165, 1.54) is 6.54 Å². The van der Waals surface area contributed by atoms with Gasteiger partial charge in [0.25, 0.3) is 0 Å². The molecule has 0 saturated carbocycles. The summed E-state index contributed by atoms with van der Waals surface area (Å²) in [5.41, 5.74) is 0. The number of piperazine rings is 1. The fourth-order valence-corrected chi connectivity index (χ4v) is 1.60. The maximum absolute atomic E-state index is 5.20. The first kappa shape index (κ1) is 9.57. The van der Waals surface area contributed by atoms with E-state index in [1.54, 1.807) is 0 Å². The molecule has 0 spiro atoms. The average molecular weight is 166 g/mol. The van der Waals surface area contributed by atoms with E-state index in [0.29, 0.717) is 6.04 Å².